The van der Waals surface area contributed by atoms with Crippen molar-refractivity contribution in [2.75, 3.05) is 26.4 Å². The van der Waals surface area contributed by atoms with Crippen LogP contribution < -0.4 is 20.1 Å². The van der Waals surface area contributed by atoms with Gasteiger partial charge in [-0.15, -0.1) is 0 Å². The topological polar surface area (TPSA) is 123 Å². The molecule has 33 heavy (non-hydrogen) atoms. The Kier molecular flexibility index (Phi) is 6.44. The highest BCUT2D eigenvalue weighted by Crippen LogP contribution is 2.38. The fraction of sp³-hybridized carbons (Fsp3) is 0.565. The summed E-state index contributed by atoms with van der Waals surface area (Å²) in [4.78, 5) is 50.7. The number of nitrogens with zero attached hydrogens (tertiary/aromatic N) is 1. The van der Waals surface area contributed by atoms with E-state index in [1.807, 2.05) is 13.0 Å². The number of carbonyl (C=O) groups is 4. The molecule has 0 aromatic heterocycles. The molecule has 2 N–H and O–H groups in total. The van der Waals surface area contributed by atoms with Crippen molar-refractivity contribution in [3.63, 3.8) is 0 Å². The average Bonchev–Trinajstić information content (AvgIpc) is 3.04. The largest absolute Gasteiger partial charge is 0.486 e. The summed E-state index contributed by atoms with van der Waals surface area (Å²) in [6.07, 6.45) is 3.25. The first-order valence-electron chi connectivity index (χ1n) is 11.3. The Bertz CT molecular complexity index is 965. The lowest BCUT2D eigenvalue weighted by Gasteiger charge is -2.36. The van der Waals surface area contributed by atoms with Crippen molar-refractivity contribution in [3.05, 3.63) is 23.8 Å². The monoisotopic (exact) mass is 459 g/mol. The Morgan fingerprint density at radius 3 is 2.76 bits per heavy atom. The van der Waals surface area contributed by atoms with Gasteiger partial charge in [0.1, 0.15) is 25.3 Å². The van der Waals surface area contributed by atoms with Crippen LogP contribution in [0, 0.1) is 5.92 Å². The molecule has 1 saturated carbocycles. The van der Waals surface area contributed by atoms with Gasteiger partial charge in [-0.25, -0.2) is 4.79 Å². The summed E-state index contributed by atoms with van der Waals surface area (Å²) in [5, 5.41) is 5.54. The Labute approximate surface area is 191 Å². The van der Waals surface area contributed by atoms with Crippen molar-refractivity contribution in [1.29, 1.82) is 0 Å². The molecule has 2 aliphatic heterocycles. The normalized spacial score (nSPS) is 24.9. The number of ether oxygens (including phenoxy) is 3. The van der Waals surface area contributed by atoms with E-state index in [1.54, 1.807) is 19.1 Å². The van der Waals surface area contributed by atoms with Gasteiger partial charge < -0.3 is 24.8 Å². The lowest BCUT2D eigenvalue weighted by Crippen LogP contribution is -2.54. The lowest BCUT2D eigenvalue weighted by molar-refractivity contribution is -0.151. The molecule has 1 aromatic rings. The molecule has 3 atom stereocenters. The highest BCUT2D eigenvalue weighted by Gasteiger charge is 2.55. The molecule has 1 aromatic carbocycles. The third-order valence-electron chi connectivity index (χ3n) is 6.60. The number of imide groups is 1. The minimum absolute atomic E-state index is 0.00320. The van der Waals surface area contributed by atoms with Crippen LogP contribution in [0.4, 0.5) is 4.79 Å². The number of urea groups is 1. The minimum atomic E-state index is -0.938. The van der Waals surface area contributed by atoms with E-state index >= 15 is 0 Å². The van der Waals surface area contributed by atoms with Gasteiger partial charge in [0, 0.05) is 0 Å². The van der Waals surface area contributed by atoms with Crippen LogP contribution in [0.1, 0.15) is 51.1 Å². The smallest absolute Gasteiger partial charge is 0.326 e. The summed E-state index contributed by atoms with van der Waals surface area (Å²) < 4.78 is 16.1. The van der Waals surface area contributed by atoms with E-state index in [0.717, 1.165) is 29.7 Å². The molecule has 1 saturated heterocycles. The third kappa shape index (κ3) is 4.60. The van der Waals surface area contributed by atoms with E-state index in [-0.39, 0.29) is 12.0 Å². The summed E-state index contributed by atoms with van der Waals surface area (Å²) in [7, 11) is 0. The van der Waals surface area contributed by atoms with Crippen molar-refractivity contribution in [2.24, 2.45) is 5.92 Å². The van der Waals surface area contributed by atoms with Crippen LogP contribution in [0.15, 0.2) is 18.2 Å². The summed E-state index contributed by atoms with van der Waals surface area (Å²) in [5.74, 6) is -0.446. The maximum absolute atomic E-state index is 12.9. The van der Waals surface area contributed by atoms with E-state index in [4.69, 9.17) is 14.2 Å². The van der Waals surface area contributed by atoms with E-state index < -0.39 is 42.5 Å². The molecule has 1 spiro atoms. The molecular weight excluding hydrogens is 430 g/mol. The summed E-state index contributed by atoms with van der Waals surface area (Å²) >= 11 is 0. The molecule has 0 radical (unpaired) electrons. The van der Waals surface area contributed by atoms with E-state index in [0.29, 0.717) is 31.1 Å². The molecule has 178 valence electrons. The zero-order valence-corrected chi connectivity index (χ0v) is 18.8. The van der Waals surface area contributed by atoms with Crippen LogP contribution >= 0.6 is 0 Å². The SMILES string of the molecule is C[C@H](NC(=O)COC(=O)CN1C(=O)N[C@@]2(CCCC[C@H]2C)C1=O)c1ccc2c(c1)OCCO2. The first-order valence-corrected chi connectivity index (χ1v) is 11.3. The fourth-order valence-corrected chi connectivity index (χ4v) is 4.66. The summed E-state index contributed by atoms with van der Waals surface area (Å²) in [6.45, 7) is 3.65. The standard InChI is InChI=1S/C23H29N3O7/c1-14-5-3-4-8-23(14)21(29)26(22(30)25-23)12-20(28)33-13-19(27)24-15(2)16-6-7-17-18(11-16)32-10-9-31-17/h6-7,11,14-15H,3-5,8-10,12-13H2,1-2H3,(H,24,27)(H,25,30)/t14-,15+,23-/m1/s1. The number of hydrogen-bond donors (Lipinski definition) is 2. The predicted molar refractivity (Wildman–Crippen MR) is 116 cm³/mol. The second-order valence-electron chi connectivity index (χ2n) is 8.79. The fourth-order valence-electron chi connectivity index (χ4n) is 4.66. The number of carbonyl (C=O) groups excluding carboxylic acids is 4. The highest BCUT2D eigenvalue weighted by molar-refractivity contribution is 6.09. The van der Waals surface area contributed by atoms with E-state index in [1.165, 1.54) is 0 Å². The van der Waals surface area contributed by atoms with Crippen molar-refractivity contribution < 1.29 is 33.4 Å². The predicted octanol–water partition coefficient (Wildman–Crippen LogP) is 1.68. The van der Waals surface area contributed by atoms with Gasteiger partial charge >= 0.3 is 12.0 Å². The van der Waals surface area contributed by atoms with E-state index in [2.05, 4.69) is 10.6 Å². The molecule has 0 unspecified atom stereocenters. The van der Waals surface area contributed by atoms with Crippen LogP contribution in [-0.2, 0) is 19.1 Å². The first-order chi connectivity index (χ1) is 15.8. The average molecular weight is 459 g/mol. The van der Waals surface area contributed by atoms with Crippen molar-refractivity contribution in [1.82, 2.24) is 15.5 Å². The molecule has 2 fully saturated rings. The first kappa shape index (κ1) is 22.9. The van der Waals surface area contributed by atoms with Gasteiger partial charge in [-0.2, -0.15) is 0 Å². The summed E-state index contributed by atoms with van der Waals surface area (Å²) in [6, 6.07) is 4.45. The molecule has 10 heteroatoms. The molecule has 4 amide bonds. The Balaban J connectivity index is 1.27. The van der Waals surface area contributed by atoms with Gasteiger partial charge in [0.25, 0.3) is 11.8 Å². The van der Waals surface area contributed by atoms with Gasteiger partial charge in [0.05, 0.1) is 6.04 Å². The number of esters is 1. The van der Waals surface area contributed by atoms with Crippen molar-refractivity contribution in [3.8, 4) is 11.5 Å². The molecule has 0 bridgehead atoms. The van der Waals surface area contributed by atoms with Crippen LogP contribution in [0.5, 0.6) is 11.5 Å². The van der Waals surface area contributed by atoms with Crippen LogP contribution in [0.25, 0.3) is 0 Å². The Morgan fingerprint density at radius 1 is 1.24 bits per heavy atom. The number of amides is 4. The molecule has 4 rings (SSSR count). The second-order valence-corrected chi connectivity index (χ2v) is 8.79. The zero-order valence-electron chi connectivity index (χ0n) is 18.8. The minimum Gasteiger partial charge on any atom is -0.486 e. The molecule has 3 aliphatic rings. The van der Waals surface area contributed by atoms with E-state index in [9.17, 15) is 19.2 Å². The molecule has 1 aliphatic carbocycles. The van der Waals surface area contributed by atoms with Crippen molar-refractivity contribution in [2.45, 2.75) is 51.1 Å². The van der Waals surface area contributed by atoms with Gasteiger partial charge in [0.2, 0.25) is 0 Å². The third-order valence-corrected chi connectivity index (χ3v) is 6.60. The van der Waals surface area contributed by atoms with Crippen LogP contribution in [0.2, 0.25) is 0 Å². The Hall–Kier alpha value is -3.30. The van der Waals surface area contributed by atoms with Crippen LogP contribution in [0.3, 0.4) is 0 Å². The lowest BCUT2D eigenvalue weighted by atomic mass is 9.73. The maximum atomic E-state index is 12.9. The number of fused-ring (bicyclic) bond motifs is 1. The number of rotatable bonds is 6. The molecule has 10 nitrogen and oxygen atoms in total. The number of benzene rings is 1. The van der Waals surface area contributed by atoms with Gasteiger partial charge in [0.15, 0.2) is 18.1 Å². The Morgan fingerprint density at radius 2 is 2.00 bits per heavy atom. The quantitative estimate of drug-likeness (QED) is 0.490. The number of nitrogens with one attached hydrogen (secondary N) is 2. The van der Waals surface area contributed by atoms with Gasteiger partial charge in [-0.1, -0.05) is 25.8 Å². The highest BCUT2D eigenvalue weighted by atomic mass is 16.6. The number of hydrogen-bond acceptors (Lipinski definition) is 7. The maximum Gasteiger partial charge on any atom is 0.326 e. The van der Waals surface area contributed by atoms with Crippen molar-refractivity contribution >= 4 is 23.8 Å². The van der Waals surface area contributed by atoms with Gasteiger partial charge in [-0.05, 0) is 43.4 Å². The summed E-state index contributed by atoms with van der Waals surface area (Å²) in [5.41, 5.74) is -0.128. The molecular formula is C23H29N3O7. The van der Waals surface area contributed by atoms with Gasteiger partial charge in [-0.3, -0.25) is 19.3 Å². The molecule has 2 heterocycles. The van der Waals surface area contributed by atoms with Crippen LogP contribution in [-0.4, -0.2) is 60.6 Å². The zero-order chi connectivity index (χ0) is 23.6. The second kappa shape index (κ2) is 9.29.